The molecule has 20 heavy (non-hydrogen) atoms. The zero-order valence-electron chi connectivity index (χ0n) is 11.4. The van der Waals surface area contributed by atoms with Gasteiger partial charge in [0.2, 0.25) is 0 Å². The lowest BCUT2D eigenvalue weighted by molar-refractivity contribution is 0.189. The third-order valence-electron chi connectivity index (χ3n) is 3.50. The standard InChI is InChI=1S/C15H16N4O/c1-11-4-5-14(7-13(11)9-17)18-15(20)19-6-2-3-12(8-16)10-19/h4-5,7,12H,2-3,6,10H2,1H3,(H,18,20)/t12-/m0/s1. The third-order valence-corrected chi connectivity index (χ3v) is 3.50. The molecule has 0 saturated carbocycles. The highest BCUT2D eigenvalue weighted by Crippen LogP contribution is 2.18. The van der Waals surface area contributed by atoms with Crippen molar-refractivity contribution in [1.82, 2.24) is 4.90 Å². The second kappa shape index (κ2) is 6.08. The van der Waals surface area contributed by atoms with Gasteiger partial charge in [-0.3, -0.25) is 0 Å². The number of carbonyl (C=O) groups excluding carboxylic acids is 1. The molecule has 2 amide bonds. The molecular weight excluding hydrogens is 252 g/mol. The molecule has 1 aromatic rings. The summed E-state index contributed by atoms with van der Waals surface area (Å²) in [5.41, 5.74) is 2.04. The molecule has 1 atom stereocenters. The minimum Gasteiger partial charge on any atom is -0.323 e. The number of piperidine rings is 1. The predicted octanol–water partition coefficient (Wildman–Crippen LogP) is 2.63. The maximum Gasteiger partial charge on any atom is 0.321 e. The molecule has 0 bridgehead atoms. The van der Waals surface area contributed by atoms with Crippen molar-refractivity contribution in [3.8, 4) is 12.1 Å². The molecule has 0 radical (unpaired) electrons. The van der Waals surface area contributed by atoms with E-state index in [2.05, 4.69) is 17.5 Å². The summed E-state index contributed by atoms with van der Waals surface area (Å²) >= 11 is 0. The minimum absolute atomic E-state index is 0.0813. The molecule has 5 heteroatoms. The van der Waals surface area contributed by atoms with Crippen molar-refractivity contribution in [3.63, 3.8) is 0 Å². The first kappa shape index (κ1) is 13.9. The van der Waals surface area contributed by atoms with Crippen LogP contribution in [0.2, 0.25) is 0 Å². The SMILES string of the molecule is Cc1ccc(NC(=O)N2CCC[C@@H](C#N)C2)cc1C#N. The highest BCUT2D eigenvalue weighted by molar-refractivity contribution is 5.89. The number of rotatable bonds is 1. The molecule has 1 aromatic carbocycles. The molecule has 5 nitrogen and oxygen atoms in total. The zero-order valence-corrected chi connectivity index (χ0v) is 11.4. The Labute approximate surface area is 118 Å². The first-order valence-corrected chi connectivity index (χ1v) is 6.60. The van der Waals surface area contributed by atoms with Gasteiger partial charge in [-0.05, 0) is 37.5 Å². The van der Waals surface area contributed by atoms with Gasteiger partial charge >= 0.3 is 6.03 Å². The average molecular weight is 268 g/mol. The van der Waals surface area contributed by atoms with Crippen LogP contribution in [-0.2, 0) is 0 Å². The van der Waals surface area contributed by atoms with Crippen molar-refractivity contribution in [3.05, 3.63) is 29.3 Å². The number of nitrogens with one attached hydrogen (secondary N) is 1. The van der Waals surface area contributed by atoms with Crippen molar-refractivity contribution in [2.45, 2.75) is 19.8 Å². The number of carbonyl (C=O) groups is 1. The van der Waals surface area contributed by atoms with E-state index in [4.69, 9.17) is 10.5 Å². The lowest BCUT2D eigenvalue weighted by atomic mass is 10.0. The first-order chi connectivity index (χ1) is 9.63. The molecule has 1 aliphatic heterocycles. The molecule has 2 rings (SSSR count). The molecule has 1 saturated heterocycles. The number of nitriles is 2. The lowest BCUT2D eigenvalue weighted by Crippen LogP contribution is -2.42. The van der Waals surface area contributed by atoms with Gasteiger partial charge < -0.3 is 10.2 Å². The van der Waals surface area contributed by atoms with Gasteiger partial charge in [-0.25, -0.2) is 4.79 Å². The van der Waals surface area contributed by atoms with E-state index < -0.39 is 0 Å². The van der Waals surface area contributed by atoms with E-state index in [-0.39, 0.29) is 11.9 Å². The zero-order chi connectivity index (χ0) is 14.5. The van der Waals surface area contributed by atoms with E-state index in [0.717, 1.165) is 18.4 Å². The molecule has 0 unspecified atom stereocenters. The normalized spacial score (nSPS) is 17.9. The number of likely N-dealkylation sites (tertiary alicyclic amines) is 1. The van der Waals surface area contributed by atoms with Crippen LogP contribution in [0.25, 0.3) is 0 Å². The van der Waals surface area contributed by atoms with Gasteiger partial charge in [0.1, 0.15) is 0 Å². The van der Waals surface area contributed by atoms with Crippen LogP contribution in [0.5, 0.6) is 0 Å². The Bertz CT molecular complexity index is 597. The van der Waals surface area contributed by atoms with Crippen LogP contribution < -0.4 is 5.32 Å². The number of aryl methyl sites for hydroxylation is 1. The summed E-state index contributed by atoms with van der Waals surface area (Å²) in [6, 6.07) is 9.35. The van der Waals surface area contributed by atoms with Crippen molar-refractivity contribution in [2.75, 3.05) is 18.4 Å². The first-order valence-electron chi connectivity index (χ1n) is 6.60. The fourth-order valence-corrected chi connectivity index (χ4v) is 2.29. The molecule has 0 aromatic heterocycles. The fraction of sp³-hybridized carbons (Fsp3) is 0.400. The van der Waals surface area contributed by atoms with E-state index in [1.165, 1.54) is 0 Å². The number of anilines is 1. The predicted molar refractivity (Wildman–Crippen MR) is 74.8 cm³/mol. The number of urea groups is 1. The van der Waals surface area contributed by atoms with Crippen LogP contribution >= 0.6 is 0 Å². The highest BCUT2D eigenvalue weighted by atomic mass is 16.2. The Morgan fingerprint density at radius 1 is 1.45 bits per heavy atom. The van der Waals surface area contributed by atoms with Crippen LogP contribution in [0.3, 0.4) is 0 Å². The Morgan fingerprint density at radius 3 is 2.95 bits per heavy atom. The largest absolute Gasteiger partial charge is 0.323 e. The number of hydrogen-bond donors (Lipinski definition) is 1. The van der Waals surface area contributed by atoms with Gasteiger partial charge in [0.25, 0.3) is 0 Å². The summed E-state index contributed by atoms with van der Waals surface area (Å²) in [7, 11) is 0. The monoisotopic (exact) mass is 268 g/mol. The Kier molecular flexibility index (Phi) is 4.22. The van der Waals surface area contributed by atoms with E-state index in [1.807, 2.05) is 13.0 Å². The number of benzene rings is 1. The summed E-state index contributed by atoms with van der Waals surface area (Å²) in [5.74, 6) is -0.0813. The number of amides is 2. The lowest BCUT2D eigenvalue weighted by Gasteiger charge is -2.29. The highest BCUT2D eigenvalue weighted by Gasteiger charge is 2.23. The maximum atomic E-state index is 12.1. The number of nitrogens with zero attached hydrogens (tertiary/aromatic N) is 3. The smallest absolute Gasteiger partial charge is 0.321 e. The maximum absolute atomic E-state index is 12.1. The van der Waals surface area contributed by atoms with Crippen molar-refractivity contribution < 1.29 is 4.79 Å². The molecule has 1 heterocycles. The summed E-state index contributed by atoms with van der Waals surface area (Å²) < 4.78 is 0. The second-order valence-electron chi connectivity index (χ2n) is 4.99. The van der Waals surface area contributed by atoms with Gasteiger partial charge in [-0.2, -0.15) is 10.5 Å². The van der Waals surface area contributed by atoms with Crippen LogP contribution in [0, 0.1) is 35.5 Å². The van der Waals surface area contributed by atoms with Crippen LogP contribution in [0.15, 0.2) is 18.2 Å². The van der Waals surface area contributed by atoms with E-state index in [0.29, 0.717) is 24.3 Å². The van der Waals surface area contributed by atoms with E-state index in [9.17, 15) is 4.79 Å². The molecular formula is C15H16N4O. The average Bonchev–Trinajstić information content (AvgIpc) is 2.49. The summed E-state index contributed by atoms with van der Waals surface area (Å²) in [4.78, 5) is 13.8. The van der Waals surface area contributed by atoms with Crippen LogP contribution in [0.4, 0.5) is 10.5 Å². The van der Waals surface area contributed by atoms with Gasteiger partial charge in [0, 0.05) is 18.8 Å². The molecule has 1 fully saturated rings. The van der Waals surface area contributed by atoms with Crippen molar-refractivity contribution in [2.24, 2.45) is 5.92 Å². The molecule has 1 N–H and O–H groups in total. The molecule has 102 valence electrons. The van der Waals surface area contributed by atoms with Crippen molar-refractivity contribution in [1.29, 1.82) is 10.5 Å². The molecule has 0 aliphatic carbocycles. The summed E-state index contributed by atoms with van der Waals surface area (Å²) in [6.07, 6.45) is 1.70. The van der Waals surface area contributed by atoms with E-state index >= 15 is 0 Å². The van der Waals surface area contributed by atoms with Gasteiger partial charge in [0.05, 0.1) is 23.6 Å². The molecule has 1 aliphatic rings. The second-order valence-corrected chi connectivity index (χ2v) is 4.99. The topological polar surface area (TPSA) is 79.9 Å². The van der Waals surface area contributed by atoms with Crippen molar-refractivity contribution >= 4 is 11.7 Å². The Balaban J connectivity index is 2.05. The third kappa shape index (κ3) is 3.07. The summed E-state index contributed by atoms with van der Waals surface area (Å²) in [6.45, 7) is 2.99. The minimum atomic E-state index is -0.210. The van der Waals surface area contributed by atoms with Crippen LogP contribution in [-0.4, -0.2) is 24.0 Å². The van der Waals surface area contributed by atoms with E-state index in [1.54, 1.807) is 17.0 Å². The Hall–Kier alpha value is -2.53. The number of hydrogen-bond acceptors (Lipinski definition) is 3. The van der Waals surface area contributed by atoms with Gasteiger partial charge in [-0.15, -0.1) is 0 Å². The quantitative estimate of drug-likeness (QED) is 0.850. The van der Waals surface area contributed by atoms with Gasteiger partial charge in [0.15, 0.2) is 0 Å². The van der Waals surface area contributed by atoms with Crippen LogP contribution in [0.1, 0.15) is 24.0 Å². The van der Waals surface area contributed by atoms with Gasteiger partial charge in [-0.1, -0.05) is 6.07 Å². The fourth-order valence-electron chi connectivity index (χ4n) is 2.29. The molecule has 0 spiro atoms. The summed E-state index contributed by atoms with van der Waals surface area (Å²) in [5, 5.41) is 20.7. The Morgan fingerprint density at radius 2 is 2.25 bits per heavy atom.